The first kappa shape index (κ1) is 25.3. The van der Waals surface area contributed by atoms with Crippen LogP contribution in [0.2, 0.25) is 0 Å². The number of aliphatic imine (C=N–C) groups is 1. The fourth-order valence-electron chi connectivity index (χ4n) is 6.25. The zero-order valence-corrected chi connectivity index (χ0v) is 23.3. The van der Waals surface area contributed by atoms with Crippen LogP contribution in [-0.4, -0.2) is 36.4 Å². The number of amides is 1. The second-order valence-corrected chi connectivity index (χ2v) is 10.8. The number of hydrogen-bond acceptors (Lipinski definition) is 6. The molecule has 1 aromatic heterocycles. The first-order valence-corrected chi connectivity index (χ1v) is 14.3. The summed E-state index contributed by atoms with van der Waals surface area (Å²) in [5.74, 6) is 2.46. The number of carbonyl (C=O) groups is 1. The Kier molecular flexibility index (Phi) is 5.96. The van der Waals surface area contributed by atoms with Gasteiger partial charge in [-0.25, -0.2) is 9.98 Å². The van der Waals surface area contributed by atoms with E-state index in [0.29, 0.717) is 42.8 Å². The third-order valence-electron chi connectivity index (χ3n) is 8.25. The van der Waals surface area contributed by atoms with E-state index in [-0.39, 0.29) is 12.5 Å². The van der Waals surface area contributed by atoms with E-state index in [1.54, 1.807) is 0 Å². The number of nitrogens with zero attached hydrogens (tertiary/aromatic N) is 3. The molecule has 0 aliphatic carbocycles. The van der Waals surface area contributed by atoms with Crippen LogP contribution in [0, 0.1) is 0 Å². The standard InChI is InChI=1S/C36H27N3O4/c40-35-36(23-43-30-21-32-31(20-28(30)36)41-18-19-42-32)27-15-7-8-16-29(27)39(35)22-26-14-9-17-33(37-26)38-34(24-10-3-1-4-11-24)25-12-5-2-6-13-25/h1-17,20-21H,18-19,22-23H2. The molecule has 210 valence electrons. The van der Waals surface area contributed by atoms with Gasteiger partial charge in [-0.05, 0) is 29.8 Å². The van der Waals surface area contributed by atoms with Crippen molar-refractivity contribution in [1.29, 1.82) is 0 Å². The van der Waals surface area contributed by atoms with Gasteiger partial charge in [0.25, 0.3) is 0 Å². The predicted molar refractivity (Wildman–Crippen MR) is 164 cm³/mol. The molecule has 3 aliphatic rings. The average molecular weight is 566 g/mol. The molecule has 0 saturated heterocycles. The Morgan fingerprint density at radius 1 is 0.721 bits per heavy atom. The molecule has 0 N–H and O–H groups in total. The number of pyridine rings is 1. The van der Waals surface area contributed by atoms with Crippen LogP contribution in [0.4, 0.5) is 11.5 Å². The number of carbonyl (C=O) groups excluding carboxylic acids is 1. The molecular weight excluding hydrogens is 538 g/mol. The molecule has 1 atom stereocenters. The molecule has 3 aliphatic heterocycles. The Bertz CT molecular complexity index is 1850. The highest BCUT2D eigenvalue weighted by atomic mass is 16.6. The van der Waals surface area contributed by atoms with Crippen molar-refractivity contribution in [3.63, 3.8) is 0 Å². The fraction of sp³-hybridized carbons (Fsp3) is 0.139. The molecular formula is C36H27N3O4. The molecule has 0 fully saturated rings. The lowest BCUT2D eigenvalue weighted by atomic mass is 9.77. The van der Waals surface area contributed by atoms with Crippen molar-refractivity contribution in [3.05, 3.63) is 143 Å². The number of ether oxygens (including phenoxy) is 3. The second kappa shape index (κ2) is 10.1. The molecule has 7 heteroatoms. The normalized spacial score (nSPS) is 17.8. The number of benzene rings is 4. The minimum absolute atomic E-state index is 0.0471. The Morgan fingerprint density at radius 2 is 1.40 bits per heavy atom. The van der Waals surface area contributed by atoms with Crippen molar-refractivity contribution in [2.45, 2.75) is 12.0 Å². The van der Waals surface area contributed by atoms with Gasteiger partial charge in [-0.15, -0.1) is 0 Å². The van der Waals surface area contributed by atoms with Crippen molar-refractivity contribution in [3.8, 4) is 17.2 Å². The molecule has 0 saturated carbocycles. The van der Waals surface area contributed by atoms with Crippen molar-refractivity contribution < 1.29 is 19.0 Å². The predicted octanol–water partition coefficient (Wildman–Crippen LogP) is 6.25. The SMILES string of the molecule is O=C1N(Cc2cccc(N=C(c3ccccc3)c3ccccc3)n2)c2ccccc2C12COc1cc3c(cc12)OCCO3. The van der Waals surface area contributed by atoms with Gasteiger partial charge in [0.1, 0.15) is 31.0 Å². The molecule has 1 spiro atoms. The zero-order valence-electron chi connectivity index (χ0n) is 23.3. The monoisotopic (exact) mass is 565 g/mol. The van der Waals surface area contributed by atoms with Crippen LogP contribution in [0.25, 0.3) is 0 Å². The molecule has 4 heterocycles. The molecule has 8 rings (SSSR count). The highest BCUT2D eigenvalue weighted by Crippen LogP contribution is 2.55. The van der Waals surface area contributed by atoms with Crippen LogP contribution in [0.15, 0.2) is 120 Å². The van der Waals surface area contributed by atoms with Gasteiger partial charge >= 0.3 is 0 Å². The summed E-state index contributed by atoms with van der Waals surface area (Å²) < 4.78 is 17.8. The van der Waals surface area contributed by atoms with Gasteiger partial charge in [0.2, 0.25) is 5.91 Å². The molecule has 43 heavy (non-hydrogen) atoms. The van der Waals surface area contributed by atoms with Crippen molar-refractivity contribution >= 4 is 23.1 Å². The van der Waals surface area contributed by atoms with Gasteiger partial charge in [-0.2, -0.15) is 0 Å². The van der Waals surface area contributed by atoms with E-state index in [2.05, 4.69) is 0 Å². The number of fused-ring (bicyclic) bond motifs is 5. The van der Waals surface area contributed by atoms with Crippen LogP contribution in [0.1, 0.15) is 27.9 Å². The number of aromatic nitrogens is 1. The van der Waals surface area contributed by atoms with E-state index in [0.717, 1.165) is 39.3 Å². The Balaban J connectivity index is 1.17. The number of anilines is 1. The van der Waals surface area contributed by atoms with Crippen LogP contribution in [0.5, 0.6) is 17.2 Å². The van der Waals surface area contributed by atoms with Gasteiger partial charge in [-0.3, -0.25) is 4.79 Å². The summed E-state index contributed by atoms with van der Waals surface area (Å²) >= 11 is 0. The molecule has 0 bridgehead atoms. The van der Waals surface area contributed by atoms with Gasteiger partial charge in [0.05, 0.1) is 18.0 Å². The van der Waals surface area contributed by atoms with E-state index >= 15 is 0 Å². The molecule has 7 nitrogen and oxygen atoms in total. The van der Waals surface area contributed by atoms with Crippen LogP contribution in [-0.2, 0) is 16.8 Å². The summed E-state index contributed by atoms with van der Waals surface area (Å²) in [7, 11) is 0. The van der Waals surface area contributed by atoms with Gasteiger partial charge in [0.15, 0.2) is 17.3 Å². The molecule has 5 aromatic rings. The lowest BCUT2D eigenvalue weighted by Gasteiger charge is -2.24. The summed E-state index contributed by atoms with van der Waals surface area (Å²) in [6.45, 7) is 1.47. The lowest BCUT2D eigenvalue weighted by Crippen LogP contribution is -2.42. The third kappa shape index (κ3) is 4.15. The average Bonchev–Trinajstić information content (AvgIpc) is 3.55. The number of para-hydroxylation sites is 1. The largest absolute Gasteiger partial charge is 0.491 e. The quantitative estimate of drug-likeness (QED) is 0.236. The van der Waals surface area contributed by atoms with Gasteiger partial charge in [0, 0.05) is 28.4 Å². The fourth-order valence-corrected chi connectivity index (χ4v) is 6.25. The van der Waals surface area contributed by atoms with Crippen molar-refractivity contribution in [2.75, 3.05) is 24.7 Å². The molecule has 1 unspecified atom stereocenters. The first-order chi connectivity index (χ1) is 21.2. The maximum atomic E-state index is 14.5. The van der Waals surface area contributed by atoms with Gasteiger partial charge in [-0.1, -0.05) is 84.9 Å². The second-order valence-electron chi connectivity index (χ2n) is 10.8. The van der Waals surface area contributed by atoms with Crippen LogP contribution < -0.4 is 19.1 Å². The maximum Gasteiger partial charge on any atom is 0.246 e. The van der Waals surface area contributed by atoms with E-state index in [1.165, 1.54) is 0 Å². The molecule has 4 aromatic carbocycles. The molecule has 0 radical (unpaired) electrons. The van der Waals surface area contributed by atoms with Crippen molar-refractivity contribution in [2.24, 2.45) is 4.99 Å². The summed E-state index contributed by atoms with van der Waals surface area (Å²) in [5, 5.41) is 0. The Labute approximate surface area is 249 Å². The minimum Gasteiger partial charge on any atom is -0.491 e. The van der Waals surface area contributed by atoms with E-state index < -0.39 is 5.41 Å². The highest BCUT2D eigenvalue weighted by Gasteiger charge is 2.57. The van der Waals surface area contributed by atoms with Crippen molar-refractivity contribution in [1.82, 2.24) is 4.98 Å². The van der Waals surface area contributed by atoms with E-state index in [4.69, 9.17) is 24.2 Å². The molecule has 1 amide bonds. The van der Waals surface area contributed by atoms with Crippen LogP contribution >= 0.6 is 0 Å². The van der Waals surface area contributed by atoms with Crippen LogP contribution in [0.3, 0.4) is 0 Å². The smallest absolute Gasteiger partial charge is 0.246 e. The summed E-state index contributed by atoms with van der Waals surface area (Å²) in [5.41, 5.74) is 5.18. The topological polar surface area (TPSA) is 73.3 Å². The van der Waals surface area contributed by atoms with Gasteiger partial charge < -0.3 is 19.1 Å². The lowest BCUT2D eigenvalue weighted by molar-refractivity contribution is -0.122. The van der Waals surface area contributed by atoms with E-state index in [1.807, 2.05) is 120 Å². The Hall–Kier alpha value is -5.43. The maximum absolute atomic E-state index is 14.5. The summed E-state index contributed by atoms with van der Waals surface area (Å²) in [6.07, 6.45) is 0. The number of hydrogen-bond donors (Lipinski definition) is 0. The summed E-state index contributed by atoms with van der Waals surface area (Å²) in [4.78, 5) is 26.2. The Morgan fingerprint density at radius 3 is 2.14 bits per heavy atom. The summed E-state index contributed by atoms with van der Waals surface area (Å²) in [6, 6.07) is 37.6. The minimum atomic E-state index is -0.967. The zero-order chi connectivity index (χ0) is 28.8. The third-order valence-corrected chi connectivity index (χ3v) is 8.25. The number of rotatable bonds is 5. The first-order valence-electron chi connectivity index (χ1n) is 14.3. The highest BCUT2D eigenvalue weighted by molar-refractivity contribution is 6.14. The van der Waals surface area contributed by atoms with E-state index in [9.17, 15) is 4.79 Å².